The van der Waals surface area contributed by atoms with E-state index in [2.05, 4.69) is 33.6 Å². The van der Waals surface area contributed by atoms with Crippen molar-refractivity contribution in [2.45, 2.75) is 57.3 Å². The minimum absolute atomic E-state index is 0.161. The van der Waals surface area contributed by atoms with Gasteiger partial charge in [-0.15, -0.1) is 0 Å². The standard InChI is InChI=1S/C24H34N6O6S/c1-3-12(2)20(24(35)36)30-23(34)18(11-37)29-22(33)17(9-19(26)31)28-21(32)15(25)8-13-10-27-16-7-5-4-6-14(13)16/h4-7,10,12,15,17-18,20,27,37H,3,8-9,11,25H2,1-2H3,(H2,26,31)(H,28,32)(H,29,33)(H,30,34)(H,35,36). The third kappa shape index (κ3) is 8.22. The van der Waals surface area contributed by atoms with Gasteiger partial charge in [-0.1, -0.05) is 38.5 Å². The summed E-state index contributed by atoms with van der Waals surface area (Å²) in [6.07, 6.45) is 1.86. The highest BCUT2D eigenvalue weighted by Gasteiger charge is 2.32. The molecule has 0 saturated carbocycles. The number of nitrogens with two attached hydrogens (primary N) is 2. The number of benzene rings is 1. The molecule has 5 unspecified atom stereocenters. The molecule has 0 saturated heterocycles. The smallest absolute Gasteiger partial charge is 0.326 e. The summed E-state index contributed by atoms with van der Waals surface area (Å²) in [7, 11) is 0. The van der Waals surface area contributed by atoms with Crippen LogP contribution < -0.4 is 27.4 Å². The maximum absolute atomic E-state index is 12.9. The van der Waals surface area contributed by atoms with Gasteiger partial charge >= 0.3 is 5.97 Å². The van der Waals surface area contributed by atoms with Gasteiger partial charge in [0.2, 0.25) is 23.6 Å². The van der Waals surface area contributed by atoms with Crippen LogP contribution in [0.25, 0.3) is 10.9 Å². The number of carboxylic acids is 1. The summed E-state index contributed by atoms with van der Waals surface area (Å²) in [5.74, 6) is -4.93. The molecular formula is C24H34N6O6S. The zero-order chi connectivity index (χ0) is 27.7. The molecule has 202 valence electrons. The number of primary amides is 1. The van der Waals surface area contributed by atoms with E-state index in [-0.39, 0.29) is 18.1 Å². The lowest BCUT2D eigenvalue weighted by Crippen LogP contribution is -2.58. The van der Waals surface area contributed by atoms with Gasteiger partial charge in [-0.05, 0) is 24.0 Å². The third-order valence-corrected chi connectivity index (χ3v) is 6.45. The topological polar surface area (TPSA) is 209 Å². The second-order valence-electron chi connectivity index (χ2n) is 8.86. The van der Waals surface area contributed by atoms with Crippen LogP contribution in [0.3, 0.4) is 0 Å². The number of aliphatic carboxylic acids is 1. The quantitative estimate of drug-likeness (QED) is 0.148. The number of rotatable bonds is 14. The molecule has 1 aromatic heterocycles. The fourth-order valence-corrected chi connectivity index (χ4v) is 3.98. The molecule has 12 nitrogen and oxygen atoms in total. The molecule has 37 heavy (non-hydrogen) atoms. The monoisotopic (exact) mass is 534 g/mol. The number of H-pyrrole nitrogens is 1. The van der Waals surface area contributed by atoms with Crippen LogP contribution in [0, 0.1) is 5.92 Å². The molecule has 0 bridgehead atoms. The minimum Gasteiger partial charge on any atom is -0.480 e. The first-order chi connectivity index (χ1) is 17.5. The molecular weight excluding hydrogens is 500 g/mol. The molecule has 0 aliphatic rings. The van der Waals surface area contributed by atoms with Crippen molar-refractivity contribution >= 4 is 53.1 Å². The molecule has 1 aromatic carbocycles. The van der Waals surface area contributed by atoms with E-state index in [1.165, 1.54) is 0 Å². The van der Waals surface area contributed by atoms with Crippen molar-refractivity contribution < 1.29 is 29.1 Å². The van der Waals surface area contributed by atoms with Crippen LogP contribution in [0.5, 0.6) is 0 Å². The highest BCUT2D eigenvalue weighted by molar-refractivity contribution is 7.80. The van der Waals surface area contributed by atoms with E-state index >= 15 is 0 Å². The summed E-state index contributed by atoms with van der Waals surface area (Å²) in [6, 6.07) is 2.65. The van der Waals surface area contributed by atoms with Crippen LogP contribution in [-0.2, 0) is 30.4 Å². The molecule has 9 N–H and O–H groups in total. The summed E-state index contributed by atoms with van der Waals surface area (Å²) in [5, 5.41) is 17.5. The van der Waals surface area contributed by atoms with Crippen molar-refractivity contribution in [3.05, 3.63) is 36.0 Å². The number of para-hydroxylation sites is 1. The first kappa shape index (κ1) is 29.6. The van der Waals surface area contributed by atoms with Crippen molar-refractivity contribution in [3.8, 4) is 0 Å². The van der Waals surface area contributed by atoms with Crippen molar-refractivity contribution in [1.82, 2.24) is 20.9 Å². The van der Waals surface area contributed by atoms with Crippen LogP contribution in [-0.4, -0.2) is 69.6 Å². The Hall–Kier alpha value is -3.58. The molecule has 1 heterocycles. The van der Waals surface area contributed by atoms with Crippen molar-refractivity contribution in [2.24, 2.45) is 17.4 Å². The highest BCUT2D eigenvalue weighted by atomic mass is 32.1. The predicted molar refractivity (Wildman–Crippen MR) is 141 cm³/mol. The van der Waals surface area contributed by atoms with Gasteiger partial charge < -0.3 is 37.5 Å². The molecule has 2 rings (SSSR count). The van der Waals surface area contributed by atoms with E-state index in [0.29, 0.717) is 6.42 Å². The first-order valence-corrected chi connectivity index (χ1v) is 12.4. The van der Waals surface area contributed by atoms with Crippen LogP contribution in [0.1, 0.15) is 32.3 Å². The van der Waals surface area contributed by atoms with E-state index in [0.717, 1.165) is 16.5 Å². The van der Waals surface area contributed by atoms with Gasteiger partial charge in [0.25, 0.3) is 0 Å². The zero-order valence-electron chi connectivity index (χ0n) is 20.7. The van der Waals surface area contributed by atoms with Gasteiger partial charge in [-0.25, -0.2) is 4.79 Å². The third-order valence-electron chi connectivity index (χ3n) is 6.08. The number of nitrogens with one attached hydrogen (secondary N) is 4. The Morgan fingerprint density at radius 1 is 1.03 bits per heavy atom. The molecule has 0 radical (unpaired) electrons. The highest BCUT2D eigenvalue weighted by Crippen LogP contribution is 2.18. The van der Waals surface area contributed by atoms with E-state index in [4.69, 9.17) is 11.5 Å². The van der Waals surface area contributed by atoms with Crippen molar-refractivity contribution in [2.75, 3.05) is 5.75 Å². The van der Waals surface area contributed by atoms with Gasteiger partial charge in [-0.3, -0.25) is 19.2 Å². The molecule has 5 atom stereocenters. The second kappa shape index (κ2) is 13.7. The average Bonchev–Trinajstić information content (AvgIpc) is 3.26. The molecule has 0 spiro atoms. The zero-order valence-corrected chi connectivity index (χ0v) is 21.6. The number of aromatic nitrogens is 1. The molecule has 0 aliphatic heterocycles. The fraction of sp³-hybridized carbons (Fsp3) is 0.458. The molecule has 13 heteroatoms. The van der Waals surface area contributed by atoms with E-state index < -0.39 is 60.2 Å². The molecule has 2 aromatic rings. The normalized spacial score (nSPS) is 15.1. The Morgan fingerprint density at radius 2 is 1.65 bits per heavy atom. The predicted octanol–water partition coefficient (Wildman–Crippen LogP) is -0.572. The molecule has 0 aliphatic carbocycles. The number of amides is 4. The number of thiol groups is 1. The van der Waals surface area contributed by atoms with E-state index in [1.807, 2.05) is 24.3 Å². The van der Waals surface area contributed by atoms with Crippen LogP contribution >= 0.6 is 12.6 Å². The summed E-state index contributed by atoms with van der Waals surface area (Å²) in [6.45, 7) is 3.45. The van der Waals surface area contributed by atoms with Gasteiger partial charge in [-0.2, -0.15) is 12.6 Å². The Morgan fingerprint density at radius 3 is 2.24 bits per heavy atom. The Balaban J connectivity index is 2.08. The first-order valence-electron chi connectivity index (χ1n) is 11.8. The molecule has 4 amide bonds. The van der Waals surface area contributed by atoms with Gasteiger partial charge in [0.15, 0.2) is 0 Å². The number of fused-ring (bicyclic) bond motifs is 1. The number of aromatic amines is 1. The van der Waals surface area contributed by atoms with E-state index in [9.17, 15) is 29.1 Å². The number of carbonyl (C=O) groups excluding carboxylic acids is 4. The molecule has 0 fully saturated rings. The Bertz CT molecular complexity index is 1140. The van der Waals surface area contributed by atoms with Crippen LogP contribution in [0.4, 0.5) is 0 Å². The maximum atomic E-state index is 12.9. The van der Waals surface area contributed by atoms with Crippen molar-refractivity contribution in [1.29, 1.82) is 0 Å². The van der Waals surface area contributed by atoms with Gasteiger partial charge in [0, 0.05) is 22.9 Å². The van der Waals surface area contributed by atoms with Crippen molar-refractivity contribution in [3.63, 3.8) is 0 Å². The maximum Gasteiger partial charge on any atom is 0.326 e. The largest absolute Gasteiger partial charge is 0.480 e. The SMILES string of the molecule is CCC(C)C(NC(=O)C(CS)NC(=O)C(CC(N)=O)NC(=O)C(N)Cc1c[nH]c2ccccc12)C(=O)O. The lowest BCUT2D eigenvalue weighted by atomic mass is 9.99. The summed E-state index contributed by atoms with van der Waals surface area (Å²) < 4.78 is 0. The average molecular weight is 535 g/mol. The number of hydrogen-bond acceptors (Lipinski definition) is 7. The minimum atomic E-state index is -1.40. The second-order valence-corrected chi connectivity index (χ2v) is 9.22. The summed E-state index contributed by atoms with van der Waals surface area (Å²) in [5.41, 5.74) is 13.0. The lowest BCUT2D eigenvalue weighted by molar-refractivity contribution is -0.143. The summed E-state index contributed by atoms with van der Waals surface area (Å²) in [4.78, 5) is 64.6. The number of carbonyl (C=O) groups is 5. The Kier molecular flexibility index (Phi) is 10.9. The van der Waals surface area contributed by atoms with Gasteiger partial charge in [0.1, 0.15) is 18.1 Å². The number of carboxylic acid groups (broad SMARTS) is 1. The summed E-state index contributed by atoms with van der Waals surface area (Å²) >= 11 is 4.07. The number of hydrogen-bond donors (Lipinski definition) is 8. The van der Waals surface area contributed by atoms with Gasteiger partial charge in [0.05, 0.1) is 12.5 Å². The van der Waals surface area contributed by atoms with Crippen LogP contribution in [0.15, 0.2) is 30.5 Å². The van der Waals surface area contributed by atoms with E-state index in [1.54, 1.807) is 20.0 Å². The van der Waals surface area contributed by atoms with Crippen LogP contribution in [0.2, 0.25) is 0 Å². The fourth-order valence-electron chi connectivity index (χ4n) is 3.72. The lowest BCUT2D eigenvalue weighted by Gasteiger charge is -2.25. The Labute approximate surface area is 219 Å².